The van der Waals surface area contributed by atoms with Crippen molar-refractivity contribution in [2.45, 2.75) is 13.8 Å². The molecule has 1 aliphatic heterocycles. The van der Waals surface area contributed by atoms with E-state index in [1.54, 1.807) is 0 Å². The molecule has 0 spiro atoms. The van der Waals surface area contributed by atoms with E-state index in [1.165, 1.54) is 0 Å². The van der Waals surface area contributed by atoms with Gasteiger partial charge in [0.25, 0.3) is 0 Å². The Morgan fingerprint density at radius 3 is 2.62 bits per heavy atom. The molecule has 3 nitrogen and oxygen atoms in total. The van der Waals surface area contributed by atoms with Crippen LogP contribution in [0.25, 0.3) is 5.70 Å². The number of hydrogen-bond acceptors (Lipinski definition) is 2. The Morgan fingerprint density at radius 1 is 1.19 bits per heavy atom. The van der Waals surface area contributed by atoms with Crippen molar-refractivity contribution in [1.82, 2.24) is 0 Å². The molecular formula is C12H13N3S. The first-order chi connectivity index (χ1) is 7.75. The molecule has 4 heteroatoms. The number of benzene rings is 1. The van der Waals surface area contributed by atoms with Gasteiger partial charge >= 0.3 is 0 Å². The first-order valence-corrected chi connectivity index (χ1v) is 6.32. The Labute approximate surface area is 97.7 Å². The third kappa shape index (κ3) is 2.73. The van der Waals surface area contributed by atoms with Crippen LogP contribution in [0.3, 0.4) is 0 Å². The van der Waals surface area contributed by atoms with Crippen LogP contribution < -0.4 is 0 Å². The predicted octanol–water partition coefficient (Wildman–Crippen LogP) is 3.22. The van der Waals surface area contributed by atoms with Crippen LogP contribution >= 0.6 is 0 Å². The molecule has 82 valence electrons. The van der Waals surface area contributed by atoms with Crippen molar-refractivity contribution in [2.75, 3.05) is 0 Å². The second-order valence-electron chi connectivity index (χ2n) is 3.58. The molecule has 1 aromatic rings. The molecule has 0 fully saturated rings. The third-order valence-electron chi connectivity index (χ3n) is 1.94. The molecule has 1 unspecified atom stereocenters. The predicted molar refractivity (Wildman–Crippen MR) is 71.5 cm³/mol. The SMILES string of the molecule is CC(C)=NN=S1C=NC(c2ccccc2)=C1. The van der Waals surface area contributed by atoms with Crippen LogP contribution in [-0.2, 0) is 10.7 Å². The van der Waals surface area contributed by atoms with E-state index in [0.717, 1.165) is 17.0 Å². The lowest BCUT2D eigenvalue weighted by Gasteiger charge is -1.95. The van der Waals surface area contributed by atoms with Crippen molar-refractivity contribution in [3.8, 4) is 0 Å². The summed E-state index contributed by atoms with van der Waals surface area (Å²) in [6, 6.07) is 10.1. The highest BCUT2D eigenvalue weighted by Gasteiger charge is 2.05. The van der Waals surface area contributed by atoms with Crippen molar-refractivity contribution < 1.29 is 0 Å². The molecule has 0 amide bonds. The lowest BCUT2D eigenvalue weighted by atomic mass is 10.2. The third-order valence-corrected chi connectivity index (χ3v) is 2.99. The number of nitrogens with zero attached hydrogens (tertiary/aromatic N) is 3. The molecule has 0 saturated heterocycles. The highest BCUT2D eigenvalue weighted by Crippen LogP contribution is 2.20. The van der Waals surface area contributed by atoms with Crippen LogP contribution in [0.4, 0.5) is 0 Å². The van der Waals surface area contributed by atoms with Gasteiger partial charge in [-0.2, -0.15) is 5.10 Å². The number of rotatable bonds is 2. The van der Waals surface area contributed by atoms with Gasteiger partial charge in [0, 0.05) is 16.7 Å². The molecular weight excluding hydrogens is 218 g/mol. The van der Waals surface area contributed by atoms with E-state index in [-0.39, 0.29) is 10.7 Å². The van der Waals surface area contributed by atoms with Gasteiger partial charge in [0.05, 0.1) is 11.2 Å². The molecule has 1 aliphatic rings. The molecule has 0 aliphatic carbocycles. The number of aliphatic imine (C=N–C) groups is 1. The van der Waals surface area contributed by atoms with Gasteiger partial charge in [-0.05, 0) is 24.5 Å². The van der Waals surface area contributed by atoms with Gasteiger partial charge in [-0.3, -0.25) is 0 Å². The summed E-state index contributed by atoms with van der Waals surface area (Å²) in [5.74, 6) is 0. The summed E-state index contributed by atoms with van der Waals surface area (Å²) >= 11 is 0. The van der Waals surface area contributed by atoms with Crippen molar-refractivity contribution in [2.24, 2.45) is 14.6 Å². The summed E-state index contributed by atoms with van der Waals surface area (Å²) in [4.78, 5) is 4.35. The van der Waals surface area contributed by atoms with Gasteiger partial charge in [0.15, 0.2) is 0 Å². The molecule has 0 bridgehead atoms. The fourth-order valence-electron chi connectivity index (χ4n) is 1.21. The average molecular weight is 231 g/mol. The zero-order chi connectivity index (χ0) is 11.4. The Kier molecular flexibility index (Phi) is 3.41. The van der Waals surface area contributed by atoms with E-state index in [9.17, 15) is 0 Å². The van der Waals surface area contributed by atoms with Gasteiger partial charge in [-0.1, -0.05) is 30.3 Å². The Balaban J connectivity index is 2.23. The fraction of sp³-hybridized carbons (Fsp3) is 0.167. The Hall–Kier alpha value is -1.55. The smallest absolute Gasteiger partial charge is 0.0785 e. The van der Waals surface area contributed by atoms with Crippen LogP contribution in [0.15, 0.2) is 50.3 Å². The van der Waals surface area contributed by atoms with Crippen LogP contribution in [0.1, 0.15) is 19.4 Å². The minimum absolute atomic E-state index is 0.295. The molecule has 0 N–H and O–H groups in total. The van der Waals surface area contributed by atoms with Gasteiger partial charge in [-0.25, -0.2) is 4.99 Å². The standard InChI is InChI=1S/C12H13N3S/c1-10(2)14-15-16-8-12(13-9-16)11-6-4-3-5-7-11/h3-9H,1-2H3. The largest absolute Gasteiger partial charge is 0.247 e. The molecule has 0 saturated carbocycles. The zero-order valence-corrected chi connectivity index (χ0v) is 10.1. The summed E-state index contributed by atoms with van der Waals surface area (Å²) < 4.78 is 4.19. The monoisotopic (exact) mass is 231 g/mol. The first-order valence-electron chi connectivity index (χ1n) is 5.01. The Morgan fingerprint density at radius 2 is 1.94 bits per heavy atom. The second kappa shape index (κ2) is 4.99. The van der Waals surface area contributed by atoms with Gasteiger partial charge in [-0.15, -0.1) is 4.47 Å². The van der Waals surface area contributed by atoms with Crippen molar-refractivity contribution in [1.29, 1.82) is 0 Å². The van der Waals surface area contributed by atoms with E-state index in [0.29, 0.717) is 0 Å². The second-order valence-corrected chi connectivity index (χ2v) is 4.88. The maximum atomic E-state index is 4.35. The maximum Gasteiger partial charge on any atom is 0.0785 e. The van der Waals surface area contributed by atoms with Gasteiger partial charge in [0.2, 0.25) is 0 Å². The summed E-state index contributed by atoms with van der Waals surface area (Å²) in [6.07, 6.45) is 0. The van der Waals surface area contributed by atoms with Crippen LogP contribution in [0, 0.1) is 0 Å². The van der Waals surface area contributed by atoms with Crippen molar-refractivity contribution in [3.05, 3.63) is 41.3 Å². The van der Waals surface area contributed by atoms with E-state index < -0.39 is 0 Å². The van der Waals surface area contributed by atoms with Crippen molar-refractivity contribution >= 4 is 27.6 Å². The Bertz CT molecular complexity index is 494. The highest BCUT2D eigenvalue weighted by atomic mass is 32.2. The molecule has 2 rings (SSSR count). The summed E-state index contributed by atoms with van der Waals surface area (Å²) in [5.41, 5.74) is 4.91. The lowest BCUT2D eigenvalue weighted by molar-refractivity contribution is 1.26. The lowest BCUT2D eigenvalue weighted by Crippen LogP contribution is -1.81. The molecule has 0 radical (unpaired) electrons. The van der Waals surface area contributed by atoms with Crippen LogP contribution in [-0.4, -0.2) is 11.3 Å². The molecule has 0 aromatic heterocycles. The molecule has 1 aromatic carbocycles. The average Bonchev–Trinajstić information content (AvgIpc) is 2.76. The minimum Gasteiger partial charge on any atom is -0.247 e. The van der Waals surface area contributed by atoms with Gasteiger partial charge < -0.3 is 0 Å². The van der Waals surface area contributed by atoms with E-state index in [4.69, 9.17) is 0 Å². The molecule has 16 heavy (non-hydrogen) atoms. The summed E-state index contributed by atoms with van der Waals surface area (Å²) in [5, 5.41) is 6.10. The van der Waals surface area contributed by atoms with Crippen LogP contribution in [0.2, 0.25) is 0 Å². The summed E-state index contributed by atoms with van der Waals surface area (Å²) in [7, 11) is -0.295. The fourth-order valence-corrected chi connectivity index (χ4v) is 2.27. The first kappa shape index (κ1) is 11.0. The normalized spacial score (nSPS) is 18.6. The van der Waals surface area contributed by atoms with E-state index in [2.05, 4.69) is 14.6 Å². The number of hydrogen-bond donors (Lipinski definition) is 0. The topological polar surface area (TPSA) is 37.1 Å². The molecule has 1 atom stereocenters. The zero-order valence-electron chi connectivity index (χ0n) is 9.29. The highest BCUT2D eigenvalue weighted by molar-refractivity contribution is 8.03. The van der Waals surface area contributed by atoms with Crippen molar-refractivity contribution in [3.63, 3.8) is 0 Å². The van der Waals surface area contributed by atoms with Gasteiger partial charge in [0.1, 0.15) is 0 Å². The molecule has 1 heterocycles. The van der Waals surface area contributed by atoms with E-state index >= 15 is 0 Å². The van der Waals surface area contributed by atoms with E-state index in [1.807, 2.05) is 55.1 Å². The quantitative estimate of drug-likeness (QED) is 0.553. The maximum absolute atomic E-state index is 4.35. The summed E-state index contributed by atoms with van der Waals surface area (Å²) in [6.45, 7) is 3.86. The minimum atomic E-state index is -0.295. The van der Waals surface area contributed by atoms with Crippen LogP contribution in [0.5, 0.6) is 0 Å².